The number of aromatic amines is 1. The first-order valence-corrected chi connectivity index (χ1v) is 5.81. The fourth-order valence-electron chi connectivity index (χ4n) is 1.82. The number of hydrogen-bond donors (Lipinski definition) is 1. The van der Waals surface area contributed by atoms with Gasteiger partial charge in [0.05, 0.1) is 0 Å². The zero-order valence-corrected chi connectivity index (χ0v) is 10.3. The molecule has 0 atom stereocenters. The quantitative estimate of drug-likeness (QED) is 0.766. The number of rotatable bonds is 3. The number of hydrogen-bond acceptors (Lipinski definition) is 3. The van der Waals surface area contributed by atoms with E-state index in [4.69, 9.17) is 4.74 Å². The molecule has 2 heterocycles. The number of nitrogens with one attached hydrogen (secondary N) is 1. The molecular formula is C13H14N4O. The largest absolute Gasteiger partial charge is 0.486 e. The summed E-state index contributed by atoms with van der Waals surface area (Å²) in [4.78, 5) is 0. The Labute approximate surface area is 104 Å². The van der Waals surface area contributed by atoms with Gasteiger partial charge in [-0.25, -0.2) is 4.52 Å². The van der Waals surface area contributed by atoms with Crippen molar-refractivity contribution in [1.29, 1.82) is 0 Å². The third-order valence-electron chi connectivity index (χ3n) is 2.78. The molecule has 0 aliphatic rings. The zero-order chi connectivity index (χ0) is 12.5. The van der Waals surface area contributed by atoms with Crippen LogP contribution in [0.15, 0.2) is 30.3 Å². The molecule has 3 rings (SSSR count). The first-order chi connectivity index (χ1) is 8.72. The lowest BCUT2D eigenvalue weighted by Crippen LogP contribution is -2.02. The number of benzene rings is 1. The maximum atomic E-state index is 5.68. The Kier molecular flexibility index (Phi) is 2.51. The van der Waals surface area contributed by atoms with Crippen molar-refractivity contribution >= 4 is 5.65 Å². The second-order valence-electron chi connectivity index (χ2n) is 4.35. The van der Waals surface area contributed by atoms with Crippen molar-refractivity contribution in [3.63, 3.8) is 0 Å². The summed E-state index contributed by atoms with van der Waals surface area (Å²) < 4.78 is 7.52. The van der Waals surface area contributed by atoms with E-state index in [0.29, 0.717) is 6.61 Å². The molecule has 18 heavy (non-hydrogen) atoms. The summed E-state index contributed by atoms with van der Waals surface area (Å²) >= 11 is 0. The van der Waals surface area contributed by atoms with Gasteiger partial charge < -0.3 is 4.74 Å². The van der Waals surface area contributed by atoms with Gasteiger partial charge in [-0.3, -0.25) is 5.10 Å². The third-order valence-corrected chi connectivity index (χ3v) is 2.78. The lowest BCUT2D eigenvalue weighted by molar-refractivity contribution is 0.292. The van der Waals surface area contributed by atoms with Crippen molar-refractivity contribution in [3.8, 4) is 5.75 Å². The van der Waals surface area contributed by atoms with Crippen molar-refractivity contribution in [2.75, 3.05) is 0 Å². The average molecular weight is 242 g/mol. The lowest BCUT2D eigenvalue weighted by atomic mass is 10.2. The molecule has 0 fully saturated rings. The van der Waals surface area contributed by atoms with E-state index >= 15 is 0 Å². The fourth-order valence-corrected chi connectivity index (χ4v) is 1.82. The Morgan fingerprint density at radius 1 is 1.17 bits per heavy atom. The van der Waals surface area contributed by atoms with Gasteiger partial charge in [-0.1, -0.05) is 17.7 Å². The van der Waals surface area contributed by atoms with Gasteiger partial charge in [0.15, 0.2) is 11.5 Å². The molecule has 0 saturated carbocycles. The third kappa shape index (κ3) is 1.95. The van der Waals surface area contributed by atoms with Crippen molar-refractivity contribution < 1.29 is 4.74 Å². The average Bonchev–Trinajstić information content (AvgIpc) is 2.88. The van der Waals surface area contributed by atoms with E-state index in [1.807, 2.05) is 48.7 Å². The maximum absolute atomic E-state index is 5.68. The van der Waals surface area contributed by atoms with E-state index in [1.54, 1.807) is 0 Å². The zero-order valence-electron chi connectivity index (χ0n) is 10.3. The van der Waals surface area contributed by atoms with Gasteiger partial charge in [-0.05, 0) is 26.0 Å². The molecule has 1 aromatic carbocycles. The molecule has 0 aliphatic heterocycles. The van der Waals surface area contributed by atoms with Gasteiger partial charge in [0.25, 0.3) is 0 Å². The summed E-state index contributed by atoms with van der Waals surface area (Å²) in [5.74, 6) is 1.60. The molecule has 0 spiro atoms. The highest BCUT2D eigenvalue weighted by atomic mass is 16.5. The van der Waals surface area contributed by atoms with Gasteiger partial charge in [-0.15, -0.1) is 10.2 Å². The Bertz CT molecular complexity index is 666. The number of nitrogens with zero attached hydrogens (tertiary/aromatic N) is 3. The van der Waals surface area contributed by atoms with Gasteiger partial charge in [-0.2, -0.15) is 0 Å². The van der Waals surface area contributed by atoms with Crippen LogP contribution in [0.1, 0.15) is 17.1 Å². The molecule has 0 bridgehead atoms. The topological polar surface area (TPSA) is 55.2 Å². The van der Waals surface area contributed by atoms with E-state index in [0.717, 1.165) is 22.9 Å². The highest BCUT2D eigenvalue weighted by Crippen LogP contribution is 2.13. The SMILES string of the molecule is Cc1ccc(OCc2nnc3cc(C)[nH]n23)cc1. The van der Waals surface area contributed by atoms with Gasteiger partial charge in [0.1, 0.15) is 12.4 Å². The lowest BCUT2D eigenvalue weighted by Gasteiger charge is -2.04. The molecule has 2 aromatic heterocycles. The molecule has 5 nitrogen and oxygen atoms in total. The van der Waals surface area contributed by atoms with Crippen LogP contribution < -0.4 is 4.74 Å². The Balaban J connectivity index is 1.78. The molecule has 92 valence electrons. The summed E-state index contributed by atoms with van der Waals surface area (Å²) in [5, 5.41) is 11.3. The van der Waals surface area contributed by atoms with Crippen molar-refractivity contribution in [3.05, 3.63) is 47.4 Å². The van der Waals surface area contributed by atoms with E-state index in [-0.39, 0.29) is 0 Å². The van der Waals surface area contributed by atoms with E-state index in [1.165, 1.54) is 5.56 Å². The second-order valence-corrected chi connectivity index (χ2v) is 4.35. The van der Waals surface area contributed by atoms with Crippen LogP contribution in [0, 0.1) is 13.8 Å². The van der Waals surface area contributed by atoms with Crippen LogP contribution in [0.25, 0.3) is 5.65 Å². The Morgan fingerprint density at radius 3 is 2.72 bits per heavy atom. The number of fused-ring (bicyclic) bond motifs is 1. The van der Waals surface area contributed by atoms with Crippen LogP contribution in [-0.4, -0.2) is 19.8 Å². The van der Waals surface area contributed by atoms with Crippen LogP contribution in [0.4, 0.5) is 0 Å². The molecule has 0 saturated heterocycles. The minimum atomic E-state index is 0.393. The Morgan fingerprint density at radius 2 is 1.94 bits per heavy atom. The molecule has 3 aromatic rings. The summed E-state index contributed by atoms with van der Waals surface area (Å²) in [7, 11) is 0. The van der Waals surface area contributed by atoms with Crippen LogP contribution in [0.5, 0.6) is 5.75 Å². The minimum absolute atomic E-state index is 0.393. The number of aryl methyl sites for hydroxylation is 2. The first-order valence-electron chi connectivity index (χ1n) is 5.81. The molecule has 0 amide bonds. The fraction of sp³-hybridized carbons (Fsp3) is 0.231. The second kappa shape index (κ2) is 4.18. The molecule has 0 aliphatic carbocycles. The number of H-pyrrole nitrogens is 1. The van der Waals surface area contributed by atoms with Gasteiger partial charge in [0, 0.05) is 11.8 Å². The number of aromatic nitrogens is 4. The Hall–Kier alpha value is -2.30. The summed E-state index contributed by atoms with van der Waals surface area (Å²) in [6, 6.07) is 9.89. The summed E-state index contributed by atoms with van der Waals surface area (Å²) in [5.41, 5.74) is 3.08. The highest BCUT2D eigenvalue weighted by Gasteiger charge is 2.07. The highest BCUT2D eigenvalue weighted by molar-refractivity contribution is 5.38. The number of ether oxygens (including phenoxy) is 1. The smallest absolute Gasteiger partial charge is 0.190 e. The van der Waals surface area contributed by atoms with E-state index < -0.39 is 0 Å². The monoisotopic (exact) mass is 242 g/mol. The summed E-state index contributed by atoms with van der Waals surface area (Å²) in [6.07, 6.45) is 0. The molecule has 5 heteroatoms. The molecular weight excluding hydrogens is 228 g/mol. The standard InChI is InChI=1S/C13H14N4O/c1-9-3-5-11(6-4-9)18-8-13-15-14-12-7-10(2)16-17(12)13/h3-7,16H,8H2,1-2H3. The van der Waals surface area contributed by atoms with E-state index in [9.17, 15) is 0 Å². The summed E-state index contributed by atoms with van der Waals surface area (Å²) in [6.45, 7) is 4.43. The van der Waals surface area contributed by atoms with E-state index in [2.05, 4.69) is 15.3 Å². The maximum Gasteiger partial charge on any atom is 0.190 e. The molecule has 1 N–H and O–H groups in total. The van der Waals surface area contributed by atoms with Crippen LogP contribution in [0.3, 0.4) is 0 Å². The molecule has 0 radical (unpaired) electrons. The predicted octanol–water partition coefficient (Wildman–Crippen LogP) is 2.25. The predicted molar refractivity (Wildman–Crippen MR) is 67.6 cm³/mol. The minimum Gasteiger partial charge on any atom is -0.486 e. The normalized spacial score (nSPS) is 11.0. The van der Waals surface area contributed by atoms with Crippen molar-refractivity contribution in [2.45, 2.75) is 20.5 Å². The van der Waals surface area contributed by atoms with Crippen molar-refractivity contribution in [1.82, 2.24) is 19.8 Å². The van der Waals surface area contributed by atoms with Crippen molar-refractivity contribution in [2.24, 2.45) is 0 Å². The van der Waals surface area contributed by atoms with Crippen LogP contribution >= 0.6 is 0 Å². The van der Waals surface area contributed by atoms with Crippen LogP contribution in [-0.2, 0) is 6.61 Å². The first kappa shape index (κ1) is 10.8. The van der Waals surface area contributed by atoms with Gasteiger partial charge in [0.2, 0.25) is 0 Å². The molecule has 0 unspecified atom stereocenters. The van der Waals surface area contributed by atoms with Crippen LogP contribution in [0.2, 0.25) is 0 Å². The van der Waals surface area contributed by atoms with Gasteiger partial charge >= 0.3 is 0 Å².